The number of hydrogen-bond acceptors (Lipinski definition) is 4. The molecule has 86 valence electrons. The van der Waals surface area contributed by atoms with E-state index in [-0.39, 0.29) is 11.5 Å². The van der Waals surface area contributed by atoms with Gasteiger partial charge in [0.1, 0.15) is 11.5 Å². The molecule has 0 aromatic heterocycles. The summed E-state index contributed by atoms with van der Waals surface area (Å²) in [5.74, 6) is -0.797. The topological polar surface area (TPSA) is 50.7 Å². The predicted octanol–water partition coefficient (Wildman–Crippen LogP) is 2.18. The van der Waals surface area contributed by atoms with Crippen molar-refractivity contribution in [3.05, 3.63) is 30.1 Å². The van der Waals surface area contributed by atoms with Crippen LogP contribution in [0.15, 0.2) is 29.4 Å². The molecule has 1 aromatic carbocycles. The molecule has 0 aliphatic rings. The van der Waals surface area contributed by atoms with E-state index in [4.69, 9.17) is 4.74 Å². The predicted molar refractivity (Wildman–Crippen MR) is 59.8 cm³/mol. The summed E-state index contributed by atoms with van der Waals surface area (Å²) in [4.78, 5) is 11.2. The zero-order chi connectivity index (χ0) is 12.0. The Balaban J connectivity index is 2.58. The van der Waals surface area contributed by atoms with Gasteiger partial charge in [0.15, 0.2) is 0 Å². The van der Waals surface area contributed by atoms with E-state index in [0.29, 0.717) is 12.3 Å². The van der Waals surface area contributed by atoms with E-state index in [9.17, 15) is 9.18 Å². The molecule has 1 rings (SSSR count). The third-order valence-electron chi connectivity index (χ3n) is 1.77. The third kappa shape index (κ3) is 3.68. The maximum Gasteiger partial charge on any atom is 0.354 e. The van der Waals surface area contributed by atoms with E-state index >= 15 is 0 Å². The lowest BCUT2D eigenvalue weighted by molar-refractivity contribution is -0.135. The van der Waals surface area contributed by atoms with Gasteiger partial charge in [0.2, 0.25) is 0 Å². The zero-order valence-electron chi connectivity index (χ0n) is 9.16. The number of carbonyl (C=O) groups is 1. The fourth-order valence-corrected chi connectivity index (χ4v) is 0.954. The third-order valence-corrected chi connectivity index (χ3v) is 1.77. The minimum absolute atomic E-state index is 0.214. The van der Waals surface area contributed by atoms with Crippen molar-refractivity contribution in [2.75, 3.05) is 12.0 Å². The van der Waals surface area contributed by atoms with Gasteiger partial charge in [-0.25, -0.2) is 9.18 Å². The summed E-state index contributed by atoms with van der Waals surface area (Å²) in [5, 5.41) is 3.81. The zero-order valence-corrected chi connectivity index (χ0v) is 9.16. The first kappa shape index (κ1) is 12.2. The highest BCUT2D eigenvalue weighted by atomic mass is 19.1. The lowest BCUT2D eigenvalue weighted by Crippen LogP contribution is -2.15. The highest BCUT2D eigenvalue weighted by molar-refractivity contribution is 6.35. The normalized spacial score (nSPS) is 11.1. The van der Waals surface area contributed by atoms with E-state index < -0.39 is 5.97 Å². The van der Waals surface area contributed by atoms with Crippen LogP contribution in [0.5, 0.6) is 0 Å². The van der Waals surface area contributed by atoms with Crippen molar-refractivity contribution in [2.45, 2.75) is 13.8 Å². The Kier molecular flexibility index (Phi) is 4.44. The van der Waals surface area contributed by atoms with Crippen LogP contribution in [0.1, 0.15) is 13.8 Å². The number of hydrogen-bond donors (Lipinski definition) is 1. The van der Waals surface area contributed by atoms with Gasteiger partial charge in [0.05, 0.1) is 12.3 Å². The fourth-order valence-electron chi connectivity index (χ4n) is 0.954. The first-order valence-electron chi connectivity index (χ1n) is 4.86. The number of nitrogens with one attached hydrogen (secondary N) is 1. The van der Waals surface area contributed by atoms with Gasteiger partial charge in [-0.15, -0.1) is 0 Å². The number of rotatable bonds is 4. The van der Waals surface area contributed by atoms with Crippen LogP contribution in [0, 0.1) is 5.82 Å². The summed E-state index contributed by atoms with van der Waals surface area (Å²) >= 11 is 0. The Morgan fingerprint density at radius 3 is 2.62 bits per heavy atom. The Morgan fingerprint density at radius 2 is 2.06 bits per heavy atom. The Morgan fingerprint density at radius 1 is 1.44 bits per heavy atom. The van der Waals surface area contributed by atoms with Crippen molar-refractivity contribution < 1.29 is 13.9 Å². The van der Waals surface area contributed by atoms with E-state index in [0.717, 1.165) is 0 Å². The number of esters is 1. The largest absolute Gasteiger partial charge is 0.461 e. The van der Waals surface area contributed by atoms with Gasteiger partial charge in [-0.05, 0) is 38.1 Å². The van der Waals surface area contributed by atoms with Crippen molar-refractivity contribution in [2.24, 2.45) is 5.10 Å². The highest BCUT2D eigenvalue weighted by Gasteiger charge is 2.05. The summed E-state index contributed by atoms with van der Waals surface area (Å²) in [5.41, 5.74) is 3.45. The highest BCUT2D eigenvalue weighted by Crippen LogP contribution is 2.07. The molecular weight excluding hydrogens is 211 g/mol. The minimum atomic E-state index is -0.475. The van der Waals surface area contributed by atoms with Crippen molar-refractivity contribution in [1.82, 2.24) is 0 Å². The smallest absolute Gasteiger partial charge is 0.354 e. The maximum atomic E-state index is 12.6. The molecule has 0 aliphatic carbocycles. The first-order chi connectivity index (χ1) is 7.63. The molecule has 1 aromatic rings. The Bertz CT molecular complexity index is 387. The number of halogens is 1. The lowest BCUT2D eigenvalue weighted by Gasteiger charge is -2.02. The van der Waals surface area contributed by atoms with Crippen molar-refractivity contribution in [3.8, 4) is 0 Å². The molecule has 5 heteroatoms. The number of carbonyl (C=O) groups excluding carboxylic acids is 1. The SMILES string of the molecule is CCOC(=O)/C(C)=N\Nc1ccc(F)cc1. The molecule has 0 heterocycles. The van der Waals surface area contributed by atoms with E-state index in [2.05, 4.69) is 10.5 Å². The summed E-state index contributed by atoms with van der Waals surface area (Å²) < 4.78 is 17.3. The molecule has 0 radical (unpaired) electrons. The molecule has 0 saturated heterocycles. The first-order valence-corrected chi connectivity index (χ1v) is 4.86. The number of benzene rings is 1. The number of nitrogens with zero attached hydrogens (tertiary/aromatic N) is 1. The van der Waals surface area contributed by atoms with Crippen LogP contribution in [0.4, 0.5) is 10.1 Å². The van der Waals surface area contributed by atoms with Crippen LogP contribution in [-0.4, -0.2) is 18.3 Å². The lowest BCUT2D eigenvalue weighted by atomic mass is 10.3. The van der Waals surface area contributed by atoms with Crippen LogP contribution in [0.25, 0.3) is 0 Å². The molecule has 0 saturated carbocycles. The van der Waals surface area contributed by atoms with Crippen molar-refractivity contribution in [3.63, 3.8) is 0 Å². The quantitative estimate of drug-likeness (QED) is 0.484. The minimum Gasteiger partial charge on any atom is -0.461 e. The van der Waals surface area contributed by atoms with E-state index in [1.807, 2.05) is 0 Å². The molecular formula is C11H13FN2O2. The molecule has 0 unspecified atom stereocenters. The van der Waals surface area contributed by atoms with Crippen LogP contribution < -0.4 is 5.43 Å². The fraction of sp³-hybridized carbons (Fsp3) is 0.273. The summed E-state index contributed by atoms with van der Waals surface area (Å²) in [6.45, 7) is 3.56. The molecule has 0 atom stereocenters. The molecule has 0 bridgehead atoms. The van der Waals surface area contributed by atoms with Gasteiger partial charge in [0.25, 0.3) is 0 Å². The van der Waals surface area contributed by atoms with Crippen molar-refractivity contribution in [1.29, 1.82) is 0 Å². The second-order valence-electron chi connectivity index (χ2n) is 3.04. The Labute approximate surface area is 93.1 Å². The van der Waals surface area contributed by atoms with Crippen LogP contribution >= 0.6 is 0 Å². The average Bonchev–Trinajstić information content (AvgIpc) is 2.28. The average molecular weight is 224 g/mol. The van der Waals surface area contributed by atoms with Gasteiger partial charge < -0.3 is 4.74 Å². The van der Waals surface area contributed by atoms with Crippen LogP contribution in [0.3, 0.4) is 0 Å². The molecule has 0 spiro atoms. The molecule has 0 fully saturated rings. The van der Waals surface area contributed by atoms with Gasteiger partial charge in [-0.2, -0.15) is 5.10 Å². The standard InChI is InChI=1S/C11H13FN2O2/c1-3-16-11(15)8(2)13-14-10-6-4-9(12)5-7-10/h4-7,14H,3H2,1-2H3/b13-8-. The molecule has 16 heavy (non-hydrogen) atoms. The molecule has 1 N–H and O–H groups in total. The van der Waals surface area contributed by atoms with Gasteiger partial charge in [0, 0.05) is 0 Å². The van der Waals surface area contributed by atoms with E-state index in [1.165, 1.54) is 31.2 Å². The second-order valence-corrected chi connectivity index (χ2v) is 3.04. The summed E-state index contributed by atoms with van der Waals surface area (Å²) in [6, 6.07) is 5.66. The molecule has 0 aliphatic heterocycles. The van der Waals surface area contributed by atoms with E-state index in [1.54, 1.807) is 6.92 Å². The maximum absolute atomic E-state index is 12.6. The summed E-state index contributed by atoms with van der Waals surface area (Å²) in [7, 11) is 0. The Hall–Kier alpha value is -1.91. The number of anilines is 1. The second kappa shape index (κ2) is 5.85. The monoisotopic (exact) mass is 224 g/mol. The van der Waals surface area contributed by atoms with Gasteiger partial charge in [-0.3, -0.25) is 5.43 Å². The molecule has 4 nitrogen and oxygen atoms in total. The number of hydrazone groups is 1. The van der Waals surface area contributed by atoms with Crippen LogP contribution in [0.2, 0.25) is 0 Å². The number of ether oxygens (including phenoxy) is 1. The van der Waals surface area contributed by atoms with Gasteiger partial charge >= 0.3 is 5.97 Å². The van der Waals surface area contributed by atoms with Crippen molar-refractivity contribution >= 4 is 17.4 Å². The van der Waals surface area contributed by atoms with Crippen LogP contribution in [-0.2, 0) is 9.53 Å². The summed E-state index contributed by atoms with van der Waals surface area (Å²) in [6.07, 6.45) is 0. The molecule has 0 amide bonds. The van der Waals surface area contributed by atoms with Gasteiger partial charge in [-0.1, -0.05) is 0 Å².